The number of ether oxygens (including phenoxy) is 1. The second-order valence-corrected chi connectivity index (χ2v) is 10.1. The number of rotatable bonds is 7. The molecule has 39 heavy (non-hydrogen) atoms. The highest BCUT2D eigenvalue weighted by molar-refractivity contribution is 5.95. The molecule has 1 amide bonds. The molecule has 7 heteroatoms. The van der Waals surface area contributed by atoms with E-state index in [2.05, 4.69) is 28.0 Å². The number of methoxy groups -OCH3 is 1. The van der Waals surface area contributed by atoms with Gasteiger partial charge >= 0.3 is 5.97 Å². The SMILES string of the molecule is COC(=O)C=Cc1cc(F)cc(N(Cc2ccc(-c3ccc4c(cnn4C)c3)cc2)C(=O)C2CCCCC2)c1. The van der Waals surface area contributed by atoms with Gasteiger partial charge < -0.3 is 9.64 Å². The second-order valence-electron chi connectivity index (χ2n) is 10.1. The number of carbonyl (C=O) groups excluding carboxylic acids is 2. The van der Waals surface area contributed by atoms with Gasteiger partial charge in [0.2, 0.25) is 5.91 Å². The van der Waals surface area contributed by atoms with Crippen molar-refractivity contribution in [1.82, 2.24) is 9.78 Å². The minimum absolute atomic E-state index is 0.00861. The maximum atomic E-state index is 14.7. The van der Waals surface area contributed by atoms with Gasteiger partial charge in [0, 0.05) is 30.1 Å². The van der Waals surface area contributed by atoms with Crippen LogP contribution >= 0.6 is 0 Å². The van der Waals surface area contributed by atoms with Crippen molar-refractivity contribution in [1.29, 1.82) is 0 Å². The van der Waals surface area contributed by atoms with Gasteiger partial charge in [0.25, 0.3) is 0 Å². The van der Waals surface area contributed by atoms with Gasteiger partial charge in [-0.25, -0.2) is 9.18 Å². The molecule has 1 aromatic heterocycles. The maximum absolute atomic E-state index is 14.7. The highest BCUT2D eigenvalue weighted by atomic mass is 19.1. The number of aromatic nitrogens is 2. The van der Waals surface area contributed by atoms with Crippen molar-refractivity contribution < 1.29 is 18.7 Å². The molecule has 1 aliphatic rings. The number of benzene rings is 3. The number of nitrogens with zero attached hydrogens (tertiary/aromatic N) is 3. The van der Waals surface area contributed by atoms with E-state index < -0.39 is 11.8 Å². The van der Waals surface area contributed by atoms with E-state index in [0.717, 1.165) is 59.7 Å². The molecule has 1 heterocycles. The van der Waals surface area contributed by atoms with Crippen LogP contribution in [0.2, 0.25) is 0 Å². The zero-order valence-corrected chi connectivity index (χ0v) is 22.3. The molecule has 4 aromatic rings. The van der Waals surface area contributed by atoms with E-state index >= 15 is 0 Å². The molecular formula is C32H32FN3O3. The number of fused-ring (bicyclic) bond motifs is 1. The Balaban J connectivity index is 1.44. The van der Waals surface area contributed by atoms with Crippen molar-refractivity contribution in [3.63, 3.8) is 0 Å². The number of carbonyl (C=O) groups is 2. The zero-order valence-electron chi connectivity index (χ0n) is 22.3. The van der Waals surface area contributed by atoms with Gasteiger partial charge in [-0.3, -0.25) is 9.48 Å². The van der Waals surface area contributed by atoms with E-state index in [1.54, 1.807) is 11.0 Å². The van der Waals surface area contributed by atoms with Crippen LogP contribution < -0.4 is 4.90 Å². The van der Waals surface area contributed by atoms with Gasteiger partial charge in [-0.05, 0) is 71.5 Å². The van der Waals surface area contributed by atoms with Crippen molar-refractivity contribution in [2.24, 2.45) is 13.0 Å². The Morgan fingerprint density at radius 1 is 1.03 bits per heavy atom. The summed E-state index contributed by atoms with van der Waals surface area (Å²) in [6.07, 6.45) is 9.47. The summed E-state index contributed by atoms with van der Waals surface area (Å²) < 4.78 is 21.2. The van der Waals surface area contributed by atoms with Gasteiger partial charge in [0.1, 0.15) is 5.82 Å². The highest BCUT2D eigenvalue weighted by Crippen LogP contribution is 2.31. The first-order valence-electron chi connectivity index (χ1n) is 13.3. The Morgan fingerprint density at radius 3 is 2.51 bits per heavy atom. The lowest BCUT2D eigenvalue weighted by atomic mass is 9.88. The molecule has 0 bridgehead atoms. The van der Waals surface area contributed by atoms with Crippen LogP contribution in [0.15, 0.2) is 72.9 Å². The van der Waals surface area contributed by atoms with Crippen molar-refractivity contribution in [3.8, 4) is 11.1 Å². The second kappa shape index (κ2) is 11.6. The van der Waals surface area contributed by atoms with Crippen molar-refractivity contribution >= 4 is 34.5 Å². The van der Waals surface area contributed by atoms with Crippen LogP contribution in [0.5, 0.6) is 0 Å². The Bertz CT molecular complexity index is 1520. The topological polar surface area (TPSA) is 64.4 Å². The normalized spacial score (nSPS) is 14.1. The molecule has 1 saturated carbocycles. The van der Waals surface area contributed by atoms with E-state index in [-0.39, 0.29) is 11.8 Å². The molecule has 1 fully saturated rings. The monoisotopic (exact) mass is 525 g/mol. The maximum Gasteiger partial charge on any atom is 0.330 e. The lowest BCUT2D eigenvalue weighted by Crippen LogP contribution is -2.36. The van der Waals surface area contributed by atoms with Gasteiger partial charge in [0.15, 0.2) is 0 Å². The largest absolute Gasteiger partial charge is 0.466 e. The van der Waals surface area contributed by atoms with Gasteiger partial charge in [-0.2, -0.15) is 5.10 Å². The third-order valence-corrected chi connectivity index (χ3v) is 7.42. The zero-order chi connectivity index (χ0) is 27.4. The van der Waals surface area contributed by atoms with Crippen LogP contribution in [0.4, 0.5) is 10.1 Å². The summed E-state index contributed by atoms with van der Waals surface area (Å²) in [6, 6.07) is 18.8. The molecule has 0 spiro atoms. The van der Waals surface area contributed by atoms with E-state index in [1.165, 1.54) is 31.4 Å². The number of hydrogen-bond donors (Lipinski definition) is 0. The molecule has 0 radical (unpaired) electrons. The first-order valence-corrected chi connectivity index (χ1v) is 13.3. The summed E-state index contributed by atoms with van der Waals surface area (Å²) in [4.78, 5) is 27.0. The van der Waals surface area contributed by atoms with Gasteiger partial charge in [-0.15, -0.1) is 0 Å². The predicted octanol–water partition coefficient (Wildman–Crippen LogP) is 6.68. The molecule has 6 nitrogen and oxygen atoms in total. The number of anilines is 1. The van der Waals surface area contributed by atoms with Crippen molar-refractivity contribution in [2.75, 3.05) is 12.0 Å². The van der Waals surface area contributed by atoms with Crippen LogP contribution in [0, 0.1) is 11.7 Å². The summed E-state index contributed by atoms with van der Waals surface area (Å²) in [5, 5.41) is 5.40. The third-order valence-electron chi connectivity index (χ3n) is 7.42. The van der Waals surface area contributed by atoms with E-state index in [1.807, 2.05) is 42.2 Å². The summed E-state index contributed by atoms with van der Waals surface area (Å²) in [5.74, 6) is -1.07. The van der Waals surface area contributed by atoms with Crippen LogP contribution in [-0.4, -0.2) is 28.8 Å². The Kier molecular flexibility index (Phi) is 7.87. The summed E-state index contributed by atoms with van der Waals surface area (Å²) in [7, 11) is 3.21. The molecule has 0 atom stereocenters. The summed E-state index contributed by atoms with van der Waals surface area (Å²) in [6.45, 7) is 0.320. The smallest absolute Gasteiger partial charge is 0.330 e. The molecule has 0 saturated heterocycles. The number of hydrogen-bond acceptors (Lipinski definition) is 4. The molecule has 0 aliphatic heterocycles. The first kappa shape index (κ1) is 26.4. The van der Waals surface area contributed by atoms with Crippen LogP contribution in [-0.2, 0) is 27.9 Å². The Morgan fingerprint density at radius 2 is 1.77 bits per heavy atom. The van der Waals surface area contributed by atoms with E-state index in [4.69, 9.17) is 0 Å². The third kappa shape index (κ3) is 6.08. The fourth-order valence-corrected chi connectivity index (χ4v) is 5.28. The molecule has 0 N–H and O–H groups in total. The fourth-order valence-electron chi connectivity index (χ4n) is 5.28. The van der Waals surface area contributed by atoms with Gasteiger partial charge in [0.05, 0.1) is 25.4 Å². The van der Waals surface area contributed by atoms with E-state index in [0.29, 0.717) is 17.8 Å². The van der Waals surface area contributed by atoms with Crippen LogP contribution in [0.3, 0.4) is 0 Å². The summed E-state index contributed by atoms with van der Waals surface area (Å²) >= 11 is 0. The molecule has 200 valence electrons. The molecule has 3 aromatic carbocycles. The van der Waals surface area contributed by atoms with E-state index in [9.17, 15) is 14.0 Å². The number of aryl methyl sites for hydroxylation is 1. The molecule has 0 unspecified atom stereocenters. The minimum Gasteiger partial charge on any atom is -0.466 e. The van der Waals surface area contributed by atoms with Crippen molar-refractivity contribution in [3.05, 3.63) is 89.9 Å². The fraction of sp³-hybridized carbons (Fsp3) is 0.281. The standard InChI is InChI=1S/C32H32FN3O3/c1-35-30-14-13-26(18-27(30)20-34-35)24-11-8-22(9-12-24)21-36(32(38)25-6-4-3-5-7-25)29-17-23(16-28(33)19-29)10-15-31(37)39-2/h8-20,25H,3-7,21H2,1-2H3. The quantitative estimate of drug-likeness (QED) is 0.199. The predicted molar refractivity (Wildman–Crippen MR) is 151 cm³/mol. The molecule has 1 aliphatic carbocycles. The summed E-state index contributed by atoms with van der Waals surface area (Å²) in [5.41, 5.74) is 5.13. The van der Waals surface area contributed by atoms with Crippen LogP contribution in [0.25, 0.3) is 28.1 Å². The Labute approximate surface area is 227 Å². The average molecular weight is 526 g/mol. The minimum atomic E-state index is -0.529. The lowest BCUT2D eigenvalue weighted by molar-refractivity contribution is -0.134. The number of halogens is 1. The average Bonchev–Trinajstić information content (AvgIpc) is 3.34. The van der Waals surface area contributed by atoms with Crippen molar-refractivity contribution in [2.45, 2.75) is 38.6 Å². The number of esters is 1. The first-order chi connectivity index (χ1) is 18.9. The van der Waals surface area contributed by atoms with Gasteiger partial charge in [-0.1, -0.05) is 49.6 Å². The highest BCUT2D eigenvalue weighted by Gasteiger charge is 2.27. The lowest BCUT2D eigenvalue weighted by Gasteiger charge is -2.30. The Hall–Kier alpha value is -4.26. The molecular weight excluding hydrogens is 493 g/mol. The number of amides is 1. The molecule has 5 rings (SSSR count). The van der Waals surface area contributed by atoms with Crippen LogP contribution in [0.1, 0.15) is 43.2 Å².